The number of rotatable bonds is 3. The van der Waals surface area contributed by atoms with Gasteiger partial charge in [-0.2, -0.15) is 4.98 Å². The molecular weight excluding hydrogens is 295 g/mol. The molecule has 0 bridgehead atoms. The van der Waals surface area contributed by atoms with Crippen LogP contribution in [0.2, 0.25) is 10.0 Å². The van der Waals surface area contributed by atoms with Crippen molar-refractivity contribution in [2.45, 2.75) is 38.5 Å². The van der Waals surface area contributed by atoms with Gasteiger partial charge in [0.15, 0.2) is 0 Å². The summed E-state index contributed by atoms with van der Waals surface area (Å²) in [6.45, 7) is 0. The smallest absolute Gasteiger partial charge is 0.227 e. The molecule has 1 fully saturated rings. The van der Waals surface area contributed by atoms with Crippen molar-refractivity contribution in [1.82, 2.24) is 10.1 Å². The lowest BCUT2D eigenvalue weighted by Gasteiger charge is -2.19. The Balaban J connectivity index is 1.77. The maximum atomic E-state index is 6.18. The fourth-order valence-corrected chi connectivity index (χ4v) is 3.15. The Morgan fingerprint density at radius 1 is 1.15 bits per heavy atom. The van der Waals surface area contributed by atoms with Gasteiger partial charge in [-0.25, -0.2) is 0 Å². The zero-order chi connectivity index (χ0) is 13.9. The lowest BCUT2D eigenvalue weighted by molar-refractivity contribution is 0.305. The van der Waals surface area contributed by atoms with Gasteiger partial charge in [-0.15, -0.1) is 0 Å². The normalized spacial score (nSPS) is 16.5. The van der Waals surface area contributed by atoms with Gasteiger partial charge in [0, 0.05) is 12.0 Å². The van der Waals surface area contributed by atoms with Crippen LogP contribution < -0.4 is 0 Å². The Kier molecular flexibility index (Phi) is 4.27. The van der Waals surface area contributed by atoms with Crippen LogP contribution in [0, 0.1) is 5.92 Å². The zero-order valence-electron chi connectivity index (χ0n) is 11.1. The van der Waals surface area contributed by atoms with Crippen molar-refractivity contribution in [3.05, 3.63) is 34.1 Å². The van der Waals surface area contributed by atoms with Crippen molar-refractivity contribution in [2.75, 3.05) is 0 Å². The summed E-state index contributed by atoms with van der Waals surface area (Å²) in [7, 11) is 0. The molecule has 0 aliphatic heterocycles. The van der Waals surface area contributed by atoms with E-state index < -0.39 is 0 Å². The van der Waals surface area contributed by atoms with Gasteiger partial charge >= 0.3 is 0 Å². The number of halogens is 2. The number of benzene rings is 1. The molecule has 1 aromatic heterocycles. The Labute approximate surface area is 128 Å². The van der Waals surface area contributed by atoms with E-state index in [4.69, 9.17) is 27.7 Å². The Morgan fingerprint density at radius 2 is 1.95 bits per heavy atom. The van der Waals surface area contributed by atoms with Crippen LogP contribution in [0.1, 0.15) is 38.0 Å². The summed E-state index contributed by atoms with van der Waals surface area (Å²) < 4.78 is 5.35. The second kappa shape index (κ2) is 6.15. The summed E-state index contributed by atoms with van der Waals surface area (Å²) >= 11 is 12.2. The topological polar surface area (TPSA) is 38.9 Å². The maximum absolute atomic E-state index is 6.18. The monoisotopic (exact) mass is 310 g/mol. The summed E-state index contributed by atoms with van der Waals surface area (Å²) in [6, 6.07) is 5.43. The highest BCUT2D eigenvalue weighted by atomic mass is 35.5. The van der Waals surface area contributed by atoms with Gasteiger partial charge in [-0.05, 0) is 30.9 Å². The minimum absolute atomic E-state index is 0.471. The van der Waals surface area contributed by atoms with Crippen molar-refractivity contribution in [1.29, 1.82) is 0 Å². The molecule has 0 atom stereocenters. The SMILES string of the molecule is Clc1cccc(-c2noc(CC3CCCCC3)n2)c1Cl. The minimum atomic E-state index is 0.471. The summed E-state index contributed by atoms with van der Waals surface area (Å²) in [5, 5.41) is 5.00. The zero-order valence-corrected chi connectivity index (χ0v) is 12.6. The highest BCUT2D eigenvalue weighted by molar-refractivity contribution is 6.43. The first-order chi connectivity index (χ1) is 9.74. The van der Waals surface area contributed by atoms with E-state index in [9.17, 15) is 0 Å². The average molecular weight is 311 g/mol. The van der Waals surface area contributed by atoms with Gasteiger partial charge in [-0.1, -0.05) is 53.7 Å². The van der Waals surface area contributed by atoms with Crippen molar-refractivity contribution in [3.8, 4) is 11.4 Å². The Bertz CT molecular complexity index is 591. The summed E-state index contributed by atoms with van der Waals surface area (Å²) in [4.78, 5) is 4.46. The second-order valence-corrected chi connectivity index (χ2v) is 6.11. The first-order valence-corrected chi connectivity index (χ1v) is 7.76. The molecule has 1 saturated carbocycles. The molecule has 20 heavy (non-hydrogen) atoms. The van der Waals surface area contributed by atoms with Crippen LogP contribution in [0.5, 0.6) is 0 Å². The largest absolute Gasteiger partial charge is 0.339 e. The van der Waals surface area contributed by atoms with Crippen LogP contribution in [0.15, 0.2) is 22.7 Å². The number of hydrogen-bond acceptors (Lipinski definition) is 3. The van der Waals surface area contributed by atoms with Gasteiger partial charge in [0.1, 0.15) is 0 Å². The molecule has 1 aliphatic rings. The van der Waals surface area contributed by atoms with Gasteiger partial charge < -0.3 is 4.52 Å². The molecule has 0 amide bonds. The number of nitrogens with zero attached hydrogens (tertiary/aromatic N) is 2. The van der Waals surface area contributed by atoms with E-state index in [2.05, 4.69) is 10.1 Å². The highest BCUT2D eigenvalue weighted by Crippen LogP contribution is 2.32. The lowest BCUT2D eigenvalue weighted by Crippen LogP contribution is -2.09. The van der Waals surface area contributed by atoms with Crippen LogP contribution in [-0.2, 0) is 6.42 Å². The second-order valence-electron chi connectivity index (χ2n) is 5.32. The molecule has 0 radical (unpaired) electrons. The Morgan fingerprint density at radius 3 is 2.75 bits per heavy atom. The third kappa shape index (κ3) is 2.99. The molecule has 1 aromatic carbocycles. The minimum Gasteiger partial charge on any atom is -0.339 e. The summed E-state index contributed by atoms with van der Waals surface area (Å²) in [5.74, 6) is 1.89. The molecule has 0 saturated heterocycles. The van der Waals surface area contributed by atoms with E-state index in [0.717, 1.165) is 12.0 Å². The van der Waals surface area contributed by atoms with E-state index in [1.54, 1.807) is 6.07 Å². The first-order valence-electron chi connectivity index (χ1n) is 7.01. The van der Waals surface area contributed by atoms with Crippen molar-refractivity contribution < 1.29 is 4.52 Å². The molecule has 5 heteroatoms. The van der Waals surface area contributed by atoms with E-state index in [-0.39, 0.29) is 0 Å². The van der Waals surface area contributed by atoms with Crippen LogP contribution in [0.3, 0.4) is 0 Å². The molecule has 3 nitrogen and oxygen atoms in total. The molecule has 0 N–H and O–H groups in total. The average Bonchev–Trinajstić information content (AvgIpc) is 2.91. The van der Waals surface area contributed by atoms with Gasteiger partial charge in [0.25, 0.3) is 0 Å². The molecule has 1 heterocycles. The van der Waals surface area contributed by atoms with Crippen LogP contribution in [0.25, 0.3) is 11.4 Å². The third-order valence-corrected chi connectivity index (χ3v) is 4.67. The van der Waals surface area contributed by atoms with E-state index in [1.165, 1.54) is 32.1 Å². The van der Waals surface area contributed by atoms with Crippen LogP contribution in [0.4, 0.5) is 0 Å². The highest BCUT2D eigenvalue weighted by Gasteiger charge is 2.19. The van der Waals surface area contributed by atoms with Crippen molar-refractivity contribution in [2.24, 2.45) is 5.92 Å². The van der Waals surface area contributed by atoms with E-state index in [0.29, 0.717) is 27.7 Å². The quantitative estimate of drug-likeness (QED) is 0.785. The lowest BCUT2D eigenvalue weighted by atomic mass is 9.87. The van der Waals surface area contributed by atoms with Crippen LogP contribution in [-0.4, -0.2) is 10.1 Å². The van der Waals surface area contributed by atoms with Gasteiger partial charge in [-0.3, -0.25) is 0 Å². The number of hydrogen-bond donors (Lipinski definition) is 0. The van der Waals surface area contributed by atoms with Gasteiger partial charge in [0.05, 0.1) is 10.0 Å². The molecule has 1 aliphatic carbocycles. The molecule has 3 rings (SSSR count). The van der Waals surface area contributed by atoms with Crippen molar-refractivity contribution >= 4 is 23.2 Å². The predicted octanol–water partition coefficient (Wildman–Crippen LogP) is 5.17. The molecular formula is C15H16Cl2N2O. The Hall–Kier alpha value is -1.06. The van der Waals surface area contributed by atoms with Crippen molar-refractivity contribution in [3.63, 3.8) is 0 Å². The van der Waals surface area contributed by atoms with Gasteiger partial charge in [0.2, 0.25) is 11.7 Å². The molecule has 0 unspecified atom stereocenters. The maximum Gasteiger partial charge on any atom is 0.227 e. The summed E-state index contributed by atoms with van der Waals surface area (Å²) in [5.41, 5.74) is 0.720. The third-order valence-electron chi connectivity index (χ3n) is 3.85. The van der Waals surface area contributed by atoms with E-state index >= 15 is 0 Å². The molecule has 2 aromatic rings. The number of aromatic nitrogens is 2. The fraction of sp³-hybridized carbons (Fsp3) is 0.467. The van der Waals surface area contributed by atoms with E-state index in [1.807, 2.05) is 12.1 Å². The first kappa shape index (κ1) is 13.9. The summed E-state index contributed by atoms with van der Waals surface area (Å²) in [6.07, 6.45) is 7.36. The molecule has 0 spiro atoms. The predicted molar refractivity (Wildman–Crippen MR) is 80.0 cm³/mol. The fourth-order valence-electron chi connectivity index (χ4n) is 2.76. The van der Waals surface area contributed by atoms with Crippen LogP contribution >= 0.6 is 23.2 Å². The standard InChI is InChI=1S/C15H16Cl2N2O/c16-12-8-4-7-11(14(12)17)15-18-13(20-19-15)9-10-5-2-1-3-6-10/h4,7-8,10H,1-3,5-6,9H2. The molecule has 106 valence electrons.